The number of rotatable bonds is 7. The Kier molecular flexibility index (Phi) is 6.82. The zero-order chi connectivity index (χ0) is 9.40. The van der Waals surface area contributed by atoms with E-state index < -0.39 is 0 Å². The monoisotopic (exact) mass is 171 g/mol. The van der Waals surface area contributed by atoms with Crippen molar-refractivity contribution in [1.82, 2.24) is 0 Å². The largest absolute Gasteiger partial charge is 0.454 e. The van der Waals surface area contributed by atoms with Crippen LogP contribution in [0.25, 0.3) is 0 Å². The van der Waals surface area contributed by atoms with Crippen LogP contribution in [0.15, 0.2) is 0 Å². The first kappa shape index (κ1) is 11.5. The van der Waals surface area contributed by atoms with Crippen molar-refractivity contribution in [3.63, 3.8) is 0 Å². The summed E-state index contributed by atoms with van der Waals surface area (Å²) in [5.74, 6) is 0.456. The maximum atomic E-state index is 10.1. The predicted octanol–water partition coefficient (Wildman–Crippen LogP) is 2.68. The van der Waals surface area contributed by atoms with E-state index in [0.29, 0.717) is 5.92 Å². The minimum atomic E-state index is 0.0763. The highest BCUT2D eigenvalue weighted by Gasteiger charge is 2.15. The van der Waals surface area contributed by atoms with Crippen molar-refractivity contribution in [3.05, 3.63) is 0 Å². The topological polar surface area (TPSA) is 26.3 Å². The van der Waals surface area contributed by atoms with Crippen LogP contribution in [0.4, 0.5) is 0 Å². The maximum absolute atomic E-state index is 10.1. The highest BCUT2D eigenvalue weighted by Crippen LogP contribution is 2.16. The molecule has 0 aliphatic carbocycles. The molecule has 2 atom stereocenters. The van der Waals surface area contributed by atoms with Gasteiger partial charge in [0.2, 0.25) is 0 Å². The summed E-state index contributed by atoms with van der Waals surface area (Å²) >= 11 is 0. The summed E-state index contributed by atoms with van der Waals surface area (Å²) in [6, 6.07) is 0. The van der Waals surface area contributed by atoms with Crippen LogP contribution in [0.5, 0.6) is 0 Å². The van der Waals surface area contributed by atoms with E-state index in [-0.39, 0.29) is 6.10 Å². The van der Waals surface area contributed by atoms with Gasteiger partial charge in [0, 0.05) is 0 Å². The van der Waals surface area contributed by atoms with Crippen molar-refractivity contribution in [2.24, 2.45) is 5.92 Å². The third-order valence-corrected chi connectivity index (χ3v) is 2.32. The molecule has 0 fully saturated rings. The molecular formula is C10H19O2. The molecule has 0 aliphatic rings. The Labute approximate surface area is 75.3 Å². The van der Waals surface area contributed by atoms with E-state index in [2.05, 4.69) is 20.8 Å². The maximum Gasteiger partial charge on any atom is 0.417 e. The summed E-state index contributed by atoms with van der Waals surface area (Å²) in [7, 11) is 0. The van der Waals surface area contributed by atoms with E-state index in [1.54, 1.807) is 6.47 Å². The molecule has 0 saturated carbocycles. The van der Waals surface area contributed by atoms with Crippen molar-refractivity contribution < 1.29 is 9.53 Å². The number of ether oxygens (including phenoxy) is 1. The van der Waals surface area contributed by atoms with Crippen molar-refractivity contribution in [2.75, 3.05) is 0 Å². The minimum Gasteiger partial charge on any atom is -0.454 e. The Bertz CT molecular complexity index is 112. The van der Waals surface area contributed by atoms with Crippen molar-refractivity contribution >= 4 is 6.47 Å². The molecule has 0 saturated heterocycles. The molecule has 0 bridgehead atoms. The zero-order valence-corrected chi connectivity index (χ0v) is 8.30. The van der Waals surface area contributed by atoms with E-state index >= 15 is 0 Å². The molecule has 0 heterocycles. The van der Waals surface area contributed by atoms with Gasteiger partial charge in [-0.05, 0) is 12.3 Å². The normalized spacial score (nSPS) is 15.2. The van der Waals surface area contributed by atoms with Crippen LogP contribution >= 0.6 is 0 Å². The Hall–Kier alpha value is -0.530. The van der Waals surface area contributed by atoms with Crippen LogP contribution in [0.2, 0.25) is 0 Å². The Balaban J connectivity index is 3.75. The molecule has 0 spiro atoms. The van der Waals surface area contributed by atoms with E-state index in [9.17, 15) is 4.79 Å². The first-order valence-electron chi connectivity index (χ1n) is 4.79. The number of unbranched alkanes of at least 4 members (excludes halogenated alkanes) is 1. The van der Waals surface area contributed by atoms with Gasteiger partial charge in [0.05, 0.1) is 0 Å². The fourth-order valence-electron chi connectivity index (χ4n) is 1.19. The Morgan fingerprint density at radius 2 is 2.08 bits per heavy atom. The molecule has 0 aliphatic heterocycles. The highest BCUT2D eigenvalue weighted by atomic mass is 16.5. The van der Waals surface area contributed by atoms with E-state index in [1.165, 1.54) is 0 Å². The lowest BCUT2D eigenvalue weighted by Crippen LogP contribution is -2.20. The van der Waals surface area contributed by atoms with Crippen LogP contribution in [0.3, 0.4) is 0 Å². The van der Waals surface area contributed by atoms with Gasteiger partial charge >= 0.3 is 6.47 Å². The smallest absolute Gasteiger partial charge is 0.417 e. The van der Waals surface area contributed by atoms with Crippen LogP contribution in [0, 0.1) is 5.92 Å². The molecule has 2 nitrogen and oxygen atoms in total. The first-order chi connectivity index (χ1) is 5.76. The van der Waals surface area contributed by atoms with Gasteiger partial charge in [-0.1, -0.05) is 40.0 Å². The molecule has 0 rings (SSSR count). The number of hydrogen-bond acceptors (Lipinski definition) is 2. The summed E-state index contributed by atoms with van der Waals surface area (Å²) in [5.41, 5.74) is 0. The van der Waals surface area contributed by atoms with Crippen LogP contribution < -0.4 is 0 Å². The molecule has 0 N–H and O–H groups in total. The fraction of sp³-hybridized carbons (Fsp3) is 0.900. The summed E-state index contributed by atoms with van der Waals surface area (Å²) in [6.07, 6.45) is 4.37. The number of carbonyl (C=O) groups excluding carboxylic acids is 1. The molecular weight excluding hydrogens is 152 g/mol. The van der Waals surface area contributed by atoms with Crippen molar-refractivity contribution in [2.45, 2.75) is 52.6 Å². The van der Waals surface area contributed by atoms with Gasteiger partial charge in [0.25, 0.3) is 0 Å². The van der Waals surface area contributed by atoms with Crippen molar-refractivity contribution in [3.8, 4) is 0 Å². The molecule has 0 amide bonds. The van der Waals surface area contributed by atoms with Crippen LogP contribution in [-0.4, -0.2) is 12.6 Å². The molecule has 12 heavy (non-hydrogen) atoms. The second kappa shape index (κ2) is 7.14. The molecule has 0 aromatic carbocycles. The third kappa shape index (κ3) is 4.37. The predicted molar refractivity (Wildman–Crippen MR) is 49.5 cm³/mol. The van der Waals surface area contributed by atoms with E-state index in [0.717, 1.165) is 25.7 Å². The van der Waals surface area contributed by atoms with Gasteiger partial charge in [0.15, 0.2) is 0 Å². The lowest BCUT2D eigenvalue weighted by molar-refractivity contribution is 0.110. The lowest BCUT2D eigenvalue weighted by Gasteiger charge is -2.19. The molecule has 0 aromatic heterocycles. The zero-order valence-electron chi connectivity index (χ0n) is 8.30. The van der Waals surface area contributed by atoms with Gasteiger partial charge in [-0.2, -0.15) is 0 Å². The standard InChI is InChI=1S/C10H19O2/c1-4-6-7-10(12-8-11)9(3)5-2/h9-10H,4-7H2,1-3H3. The summed E-state index contributed by atoms with van der Waals surface area (Å²) < 4.78 is 4.89. The molecule has 71 valence electrons. The minimum absolute atomic E-state index is 0.0763. The Morgan fingerprint density at radius 3 is 2.50 bits per heavy atom. The first-order valence-corrected chi connectivity index (χ1v) is 4.79. The van der Waals surface area contributed by atoms with Gasteiger partial charge < -0.3 is 4.74 Å². The fourth-order valence-corrected chi connectivity index (χ4v) is 1.19. The molecule has 2 heteroatoms. The van der Waals surface area contributed by atoms with Crippen molar-refractivity contribution in [1.29, 1.82) is 0 Å². The summed E-state index contributed by atoms with van der Waals surface area (Å²) in [5, 5.41) is 0. The summed E-state index contributed by atoms with van der Waals surface area (Å²) in [4.78, 5) is 10.1. The average Bonchev–Trinajstić information content (AvgIpc) is 2.11. The van der Waals surface area contributed by atoms with E-state index in [4.69, 9.17) is 4.74 Å². The quantitative estimate of drug-likeness (QED) is 0.588. The third-order valence-electron chi connectivity index (χ3n) is 2.32. The van der Waals surface area contributed by atoms with Crippen LogP contribution in [-0.2, 0) is 9.53 Å². The average molecular weight is 171 g/mol. The second-order valence-corrected chi connectivity index (χ2v) is 3.27. The van der Waals surface area contributed by atoms with Gasteiger partial charge in [0.1, 0.15) is 6.10 Å². The summed E-state index contributed by atoms with van der Waals surface area (Å²) in [6.45, 7) is 7.90. The van der Waals surface area contributed by atoms with E-state index in [1.807, 2.05) is 0 Å². The molecule has 0 aromatic rings. The number of hydrogen-bond donors (Lipinski definition) is 0. The van der Waals surface area contributed by atoms with Gasteiger partial charge in [-0.15, -0.1) is 0 Å². The van der Waals surface area contributed by atoms with Gasteiger partial charge in [-0.3, -0.25) is 0 Å². The van der Waals surface area contributed by atoms with Crippen LogP contribution in [0.1, 0.15) is 46.5 Å². The molecule has 1 radical (unpaired) electrons. The van der Waals surface area contributed by atoms with Gasteiger partial charge in [-0.25, -0.2) is 4.79 Å². The lowest BCUT2D eigenvalue weighted by atomic mass is 9.97. The second-order valence-electron chi connectivity index (χ2n) is 3.27. The SMILES string of the molecule is CCCCC(O[C]=O)C(C)CC. The highest BCUT2D eigenvalue weighted by molar-refractivity contribution is 5.38. The Morgan fingerprint density at radius 1 is 1.42 bits per heavy atom. The molecule has 2 unspecified atom stereocenters.